The summed E-state index contributed by atoms with van der Waals surface area (Å²) in [5.41, 5.74) is 1.41. The minimum Gasteiger partial charge on any atom is -0.360 e. The highest BCUT2D eigenvalue weighted by Gasteiger charge is 2.20. The molecule has 0 aliphatic heterocycles. The van der Waals surface area contributed by atoms with Crippen LogP contribution in [0.5, 0.6) is 0 Å². The molecule has 0 radical (unpaired) electrons. The summed E-state index contributed by atoms with van der Waals surface area (Å²) in [6.45, 7) is 1.41. The maximum absolute atomic E-state index is 13.4. The van der Waals surface area contributed by atoms with Crippen LogP contribution in [-0.4, -0.2) is 22.5 Å². The maximum atomic E-state index is 13.4. The van der Waals surface area contributed by atoms with Gasteiger partial charge >= 0.3 is 0 Å². The van der Waals surface area contributed by atoms with Crippen LogP contribution in [0.1, 0.15) is 27.6 Å². The lowest BCUT2D eigenvalue weighted by Crippen LogP contribution is -2.22. The fourth-order valence-corrected chi connectivity index (χ4v) is 2.41. The molecule has 3 rings (SSSR count). The van der Waals surface area contributed by atoms with E-state index in [2.05, 4.69) is 10.3 Å². The van der Waals surface area contributed by atoms with E-state index in [-0.39, 0.29) is 11.3 Å². The van der Waals surface area contributed by atoms with Gasteiger partial charge in [0.25, 0.3) is 11.7 Å². The van der Waals surface area contributed by atoms with E-state index >= 15 is 0 Å². The first-order valence-corrected chi connectivity index (χ1v) is 7.19. The summed E-state index contributed by atoms with van der Waals surface area (Å²) in [5.74, 6) is -2.30. The van der Waals surface area contributed by atoms with Gasteiger partial charge in [-0.1, -0.05) is 12.1 Å². The van der Waals surface area contributed by atoms with Gasteiger partial charge in [-0.05, 0) is 37.3 Å². The Hall–Kier alpha value is -3.28. The molecule has 24 heavy (non-hydrogen) atoms. The van der Waals surface area contributed by atoms with E-state index in [1.54, 1.807) is 18.2 Å². The topological polar surface area (TPSA) is 79.0 Å². The lowest BCUT2D eigenvalue weighted by Gasteiger charge is -2.05. The predicted molar refractivity (Wildman–Crippen MR) is 87.7 cm³/mol. The summed E-state index contributed by atoms with van der Waals surface area (Å²) < 4.78 is 13.4. The molecular formula is C18H13FN2O3. The summed E-state index contributed by atoms with van der Waals surface area (Å²) >= 11 is 0. The third kappa shape index (κ3) is 2.94. The number of aromatic nitrogens is 1. The number of hydrogen-bond donors (Lipinski definition) is 2. The average molecular weight is 324 g/mol. The molecule has 1 aromatic heterocycles. The van der Waals surface area contributed by atoms with Gasteiger partial charge in [-0.15, -0.1) is 0 Å². The molecule has 3 aromatic rings. The van der Waals surface area contributed by atoms with Gasteiger partial charge in [0.15, 0.2) is 5.78 Å². The van der Waals surface area contributed by atoms with Crippen molar-refractivity contribution in [2.75, 3.05) is 5.32 Å². The van der Waals surface area contributed by atoms with Gasteiger partial charge in [-0.2, -0.15) is 0 Å². The number of halogens is 1. The van der Waals surface area contributed by atoms with Crippen LogP contribution in [-0.2, 0) is 4.79 Å². The van der Waals surface area contributed by atoms with Crippen LogP contribution in [0.15, 0.2) is 48.7 Å². The van der Waals surface area contributed by atoms with Crippen LogP contribution in [0.3, 0.4) is 0 Å². The smallest absolute Gasteiger partial charge is 0.296 e. The first kappa shape index (κ1) is 15.6. The Labute approximate surface area is 136 Å². The van der Waals surface area contributed by atoms with Crippen LogP contribution in [0.2, 0.25) is 0 Å². The molecule has 0 spiro atoms. The van der Waals surface area contributed by atoms with Crippen molar-refractivity contribution in [2.24, 2.45) is 0 Å². The molecule has 6 heteroatoms. The molecule has 0 unspecified atom stereocenters. The SMILES string of the molecule is CC(=O)c1cccc(NC(=O)C(=O)c2c[nH]c3ccc(F)cc23)c1. The molecule has 0 aliphatic carbocycles. The summed E-state index contributed by atoms with van der Waals surface area (Å²) in [5, 5.41) is 2.80. The summed E-state index contributed by atoms with van der Waals surface area (Å²) in [6.07, 6.45) is 1.37. The van der Waals surface area contributed by atoms with E-state index in [4.69, 9.17) is 0 Å². The second kappa shape index (κ2) is 6.08. The van der Waals surface area contributed by atoms with Crippen molar-refractivity contribution in [3.8, 4) is 0 Å². The van der Waals surface area contributed by atoms with Gasteiger partial charge in [-0.3, -0.25) is 14.4 Å². The molecule has 0 aliphatic rings. The summed E-state index contributed by atoms with van der Waals surface area (Å²) in [7, 11) is 0. The predicted octanol–water partition coefficient (Wildman–Crippen LogP) is 3.33. The Morgan fingerprint density at radius 3 is 2.62 bits per heavy atom. The number of aromatic amines is 1. The Kier molecular flexibility index (Phi) is 3.95. The molecule has 2 N–H and O–H groups in total. The second-order valence-corrected chi connectivity index (χ2v) is 5.31. The van der Waals surface area contributed by atoms with Crippen molar-refractivity contribution in [3.05, 3.63) is 65.6 Å². The lowest BCUT2D eigenvalue weighted by atomic mass is 10.1. The van der Waals surface area contributed by atoms with Crippen LogP contribution in [0.25, 0.3) is 10.9 Å². The van der Waals surface area contributed by atoms with Crippen molar-refractivity contribution >= 4 is 34.1 Å². The number of ketones is 2. The van der Waals surface area contributed by atoms with Gasteiger partial charge < -0.3 is 10.3 Å². The third-order valence-corrected chi connectivity index (χ3v) is 3.62. The summed E-state index contributed by atoms with van der Waals surface area (Å²) in [6, 6.07) is 10.2. The largest absolute Gasteiger partial charge is 0.360 e. The zero-order valence-electron chi connectivity index (χ0n) is 12.7. The molecule has 1 heterocycles. The number of carbonyl (C=O) groups is 3. The Morgan fingerprint density at radius 2 is 1.88 bits per heavy atom. The fraction of sp³-hybridized carbons (Fsp3) is 0.0556. The highest BCUT2D eigenvalue weighted by Crippen LogP contribution is 2.20. The third-order valence-electron chi connectivity index (χ3n) is 3.62. The number of Topliss-reactive ketones (excluding diaryl/α,β-unsaturated/α-hetero) is 2. The van der Waals surface area contributed by atoms with Gasteiger partial charge in [0.05, 0.1) is 5.56 Å². The highest BCUT2D eigenvalue weighted by molar-refractivity contribution is 6.48. The number of carbonyl (C=O) groups excluding carboxylic acids is 3. The zero-order chi connectivity index (χ0) is 17.3. The number of fused-ring (bicyclic) bond motifs is 1. The van der Waals surface area contributed by atoms with Crippen molar-refractivity contribution < 1.29 is 18.8 Å². The van der Waals surface area contributed by atoms with Crippen LogP contribution >= 0.6 is 0 Å². The Bertz CT molecular complexity index is 975. The second-order valence-electron chi connectivity index (χ2n) is 5.31. The van der Waals surface area contributed by atoms with E-state index in [0.717, 1.165) is 0 Å². The number of nitrogens with one attached hydrogen (secondary N) is 2. The van der Waals surface area contributed by atoms with Crippen molar-refractivity contribution in [3.63, 3.8) is 0 Å². The quantitative estimate of drug-likeness (QED) is 0.571. The fourth-order valence-electron chi connectivity index (χ4n) is 2.41. The number of hydrogen-bond acceptors (Lipinski definition) is 3. The molecule has 0 saturated heterocycles. The van der Waals surface area contributed by atoms with Crippen molar-refractivity contribution in [2.45, 2.75) is 6.92 Å². The zero-order valence-corrected chi connectivity index (χ0v) is 12.7. The molecule has 0 fully saturated rings. The van der Waals surface area contributed by atoms with Crippen LogP contribution in [0.4, 0.5) is 10.1 Å². The average Bonchev–Trinajstić information content (AvgIpc) is 2.97. The number of rotatable bonds is 4. The molecule has 2 aromatic carbocycles. The van der Waals surface area contributed by atoms with E-state index in [9.17, 15) is 18.8 Å². The number of benzene rings is 2. The molecule has 1 amide bonds. The Balaban J connectivity index is 1.87. The van der Waals surface area contributed by atoms with E-state index < -0.39 is 17.5 Å². The molecule has 0 bridgehead atoms. The van der Waals surface area contributed by atoms with E-state index in [1.165, 1.54) is 37.4 Å². The monoisotopic (exact) mass is 324 g/mol. The summed E-state index contributed by atoms with van der Waals surface area (Å²) in [4.78, 5) is 38.7. The normalized spacial score (nSPS) is 10.6. The lowest BCUT2D eigenvalue weighted by molar-refractivity contribution is -0.112. The molecule has 120 valence electrons. The molecule has 5 nitrogen and oxygen atoms in total. The number of H-pyrrole nitrogens is 1. The molecule has 0 atom stereocenters. The van der Waals surface area contributed by atoms with E-state index in [0.29, 0.717) is 22.2 Å². The van der Waals surface area contributed by atoms with Crippen molar-refractivity contribution in [1.82, 2.24) is 4.98 Å². The Morgan fingerprint density at radius 1 is 1.08 bits per heavy atom. The highest BCUT2D eigenvalue weighted by atomic mass is 19.1. The molecule has 0 saturated carbocycles. The minimum absolute atomic E-state index is 0.0877. The standard InChI is InChI=1S/C18H13FN2O3/c1-10(22)11-3-2-4-13(7-11)21-18(24)17(23)15-9-20-16-6-5-12(19)8-14(15)16/h2-9,20H,1H3,(H,21,24). The van der Waals surface area contributed by atoms with Crippen molar-refractivity contribution in [1.29, 1.82) is 0 Å². The minimum atomic E-state index is -0.860. The maximum Gasteiger partial charge on any atom is 0.296 e. The van der Waals surface area contributed by atoms with Crippen LogP contribution < -0.4 is 5.32 Å². The first-order valence-electron chi connectivity index (χ1n) is 7.19. The molecular weight excluding hydrogens is 311 g/mol. The number of anilines is 1. The van der Waals surface area contributed by atoms with E-state index in [1.807, 2.05) is 0 Å². The van der Waals surface area contributed by atoms with Gasteiger partial charge in [0, 0.05) is 28.4 Å². The van der Waals surface area contributed by atoms with Gasteiger partial charge in [0.1, 0.15) is 5.82 Å². The number of amides is 1. The van der Waals surface area contributed by atoms with Gasteiger partial charge in [0.2, 0.25) is 0 Å². The first-order chi connectivity index (χ1) is 11.5. The van der Waals surface area contributed by atoms with Gasteiger partial charge in [-0.25, -0.2) is 4.39 Å². The van der Waals surface area contributed by atoms with Crippen LogP contribution in [0, 0.1) is 5.82 Å².